The zero-order valence-electron chi connectivity index (χ0n) is 8.48. The Morgan fingerprint density at radius 1 is 1.50 bits per heavy atom. The van der Waals surface area contributed by atoms with Crippen LogP contribution in [0.25, 0.3) is 0 Å². The molecule has 0 radical (unpaired) electrons. The molecule has 4 nitrogen and oxygen atoms in total. The molecule has 0 unspecified atom stereocenters. The van der Waals surface area contributed by atoms with Gasteiger partial charge in [0.05, 0.1) is 4.92 Å². The van der Waals surface area contributed by atoms with Gasteiger partial charge in [0.1, 0.15) is 0 Å². The van der Waals surface area contributed by atoms with E-state index in [4.69, 9.17) is 0 Å². The quantitative estimate of drug-likeness (QED) is 0.645. The van der Waals surface area contributed by atoms with E-state index >= 15 is 0 Å². The third-order valence-electron chi connectivity index (χ3n) is 2.63. The van der Waals surface area contributed by atoms with Gasteiger partial charge >= 0.3 is 5.69 Å². The number of nitrogens with one attached hydrogen (secondary N) is 1. The van der Waals surface area contributed by atoms with Crippen molar-refractivity contribution < 1.29 is 9.31 Å². The van der Waals surface area contributed by atoms with Crippen molar-refractivity contribution in [2.24, 2.45) is 0 Å². The summed E-state index contributed by atoms with van der Waals surface area (Å²) in [5.74, 6) is -0.776. The van der Waals surface area contributed by atoms with Gasteiger partial charge in [-0.15, -0.1) is 12.4 Å². The van der Waals surface area contributed by atoms with Crippen molar-refractivity contribution in [1.29, 1.82) is 0 Å². The number of nitro groups is 1. The van der Waals surface area contributed by atoms with Crippen LogP contribution in [0.15, 0.2) is 18.2 Å². The minimum Gasteiger partial charge on any atom is -0.310 e. The van der Waals surface area contributed by atoms with Gasteiger partial charge in [-0.05, 0) is 31.0 Å². The zero-order chi connectivity index (χ0) is 10.8. The standard InChI is InChI=1S/C10H11FN2O2.ClH/c11-8-4-3-7(6-10(8)13(14)15)9-2-1-5-12-9;/h3-4,6,9,12H,1-2,5H2;1H/t9-;/m1./s1. The van der Waals surface area contributed by atoms with Gasteiger partial charge in [0.25, 0.3) is 0 Å². The lowest BCUT2D eigenvalue weighted by molar-refractivity contribution is -0.387. The number of benzene rings is 1. The number of hydrogen-bond acceptors (Lipinski definition) is 3. The molecule has 0 amide bonds. The molecule has 1 saturated heterocycles. The molecular weight excluding hydrogens is 235 g/mol. The van der Waals surface area contributed by atoms with Gasteiger partial charge in [0, 0.05) is 12.1 Å². The van der Waals surface area contributed by atoms with Crippen LogP contribution in [-0.2, 0) is 0 Å². The number of nitrogens with zero attached hydrogens (tertiary/aromatic N) is 1. The van der Waals surface area contributed by atoms with Gasteiger partial charge in [0.15, 0.2) is 0 Å². The average Bonchev–Trinajstić information content (AvgIpc) is 2.71. The molecule has 16 heavy (non-hydrogen) atoms. The van der Waals surface area contributed by atoms with E-state index in [1.54, 1.807) is 6.07 Å². The van der Waals surface area contributed by atoms with Gasteiger partial charge < -0.3 is 5.32 Å². The minimum atomic E-state index is -0.776. The van der Waals surface area contributed by atoms with Gasteiger partial charge in [-0.1, -0.05) is 6.07 Å². The van der Waals surface area contributed by atoms with Gasteiger partial charge in [-0.3, -0.25) is 10.1 Å². The van der Waals surface area contributed by atoms with Crippen molar-refractivity contribution in [1.82, 2.24) is 5.32 Å². The Balaban J connectivity index is 0.00000128. The van der Waals surface area contributed by atoms with E-state index in [1.165, 1.54) is 6.07 Å². The lowest BCUT2D eigenvalue weighted by Gasteiger charge is -2.09. The third-order valence-corrected chi connectivity index (χ3v) is 2.63. The maximum atomic E-state index is 13.0. The molecular formula is C10H12ClFN2O2. The summed E-state index contributed by atoms with van der Waals surface area (Å²) in [7, 11) is 0. The molecule has 0 aliphatic carbocycles. The van der Waals surface area contributed by atoms with Crippen molar-refractivity contribution in [2.75, 3.05) is 6.54 Å². The largest absolute Gasteiger partial charge is 0.310 e. The highest BCUT2D eigenvalue weighted by molar-refractivity contribution is 5.85. The molecule has 1 aromatic carbocycles. The lowest BCUT2D eigenvalue weighted by Crippen LogP contribution is -2.13. The summed E-state index contributed by atoms with van der Waals surface area (Å²) in [6, 6.07) is 4.21. The topological polar surface area (TPSA) is 55.2 Å². The smallest absolute Gasteiger partial charge is 0.305 e. The highest BCUT2D eigenvalue weighted by Gasteiger charge is 2.21. The van der Waals surface area contributed by atoms with Gasteiger partial charge in [-0.25, -0.2) is 0 Å². The summed E-state index contributed by atoms with van der Waals surface area (Å²) in [6.07, 6.45) is 2.00. The Hall–Kier alpha value is -1.20. The van der Waals surface area contributed by atoms with Crippen LogP contribution < -0.4 is 5.32 Å². The summed E-state index contributed by atoms with van der Waals surface area (Å²) in [5, 5.41) is 13.7. The molecule has 1 heterocycles. The van der Waals surface area contributed by atoms with E-state index < -0.39 is 16.4 Å². The van der Waals surface area contributed by atoms with Gasteiger partial charge in [0.2, 0.25) is 5.82 Å². The summed E-state index contributed by atoms with van der Waals surface area (Å²) < 4.78 is 13.0. The first-order valence-electron chi connectivity index (χ1n) is 4.85. The first-order chi connectivity index (χ1) is 7.18. The summed E-state index contributed by atoms with van der Waals surface area (Å²) in [5.41, 5.74) is 0.349. The molecule has 1 N–H and O–H groups in total. The monoisotopic (exact) mass is 246 g/mol. The van der Waals surface area contributed by atoms with Crippen LogP contribution in [0.4, 0.5) is 10.1 Å². The molecule has 1 atom stereocenters. The van der Waals surface area contributed by atoms with E-state index in [9.17, 15) is 14.5 Å². The first kappa shape index (κ1) is 12.9. The Morgan fingerprint density at radius 2 is 2.25 bits per heavy atom. The zero-order valence-corrected chi connectivity index (χ0v) is 9.30. The first-order valence-corrected chi connectivity index (χ1v) is 4.85. The second kappa shape index (κ2) is 5.23. The Kier molecular flexibility index (Phi) is 4.20. The number of nitro benzene ring substituents is 1. The SMILES string of the molecule is Cl.O=[N+]([O-])c1cc([C@H]2CCCN2)ccc1F. The molecule has 1 fully saturated rings. The number of rotatable bonds is 2. The average molecular weight is 247 g/mol. The summed E-state index contributed by atoms with van der Waals surface area (Å²) in [4.78, 5) is 9.85. The minimum absolute atomic E-state index is 0. The van der Waals surface area contributed by atoms with Crippen LogP contribution in [-0.4, -0.2) is 11.5 Å². The molecule has 1 aliphatic rings. The molecule has 0 bridgehead atoms. The number of hydrogen-bond donors (Lipinski definition) is 1. The van der Waals surface area contributed by atoms with Crippen molar-refractivity contribution >= 4 is 18.1 Å². The van der Waals surface area contributed by atoms with E-state index in [-0.39, 0.29) is 18.4 Å². The van der Waals surface area contributed by atoms with Crippen LogP contribution in [0.3, 0.4) is 0 Å². The fourth-order valence-electron chi connectivity index (χ4n) is 1.86. The highest BCUT2D eigenvalue weighted by Crippen LogP contribution is 2.27. The predicted octanol–water partition coefficient (Wildman–Crippen LogP) is 2.58. The molecule has 0 aromatic heterocycles. The van der Waals surface area contributed by atoms with Crippen LogP contribution in [0, 0.1) is 15.9 Å². The van der Waals surface area contributed by atoms with E-state index in [1.807, 2.05) is 0 Å². The maximum Gasteiger partial charge on any atom is 0.305 e. The second-order valence-corrected chi connectivity index (χ2v) is 3.62. The molecule has 0 saturated carbocycles. The maximum absolute atomic E-state index is 13.0. The fraction of sp³-hybridized carbons (Fsp3) is 0.400. The van der Waals surface area contributed by atoms with E-state index in [2.05, 4.69) is 5.32 Å². The molecule has 1 aromatic rings. The second-order valence-electron chi connectivity index (χ2n) is 3.62. The van der Waals surface area contributed by atoms with Crippen LogP contribution >= 0.6 is 12.4 Å². The van der Waals surface area contributed by atoms with Crippen molar-refractivity contribution in [3.63, 3.8) is 0 Å². The molecule has 88 valence electrons. The van der Waals surface area contributed by atoms with Crippen LogP contribution in [0.5, 0.6) is 0 Å². The van der Waals surface area contributed by atoms with E-state index in [0.717, 1.165) is 31.0 Å². The molecule has 0 spiro atoms. The Bertz CT molecular complexity index is 394. The molecule has 6 heteroatoms. The highest BCUT2D eigenvalue weighted by atomic mass is 35.5. The third kappa shape index (κ3) is 2.48. The molecule has 1 aliphatic heterocycles. The van der Waals surface area contributed by atoms with Crippen molar-refractivity contribution in [3.8, 4) is 0 Å². The van der Waals surface area contributed by atoms with Crippen molar-refractivity contribution in [2.45, 2.75) is 18.9 Å². The fourth-order valence-corrected chi connectivity index (χ4v) is 1.86. The predicted molar refractivity (Wildman–Crippen MR) is 60.3 cm³/mol. The normalized spacial score (nSPS) is 19.2. The molecule has 2 rings (SSSR count). The number of halogens is 2. The van der Waals surface area contributed by atoms with Crippen LogP contribution in [0.2, 0.25) is 0 Å². The van der Waals surface area contributed by atoms with E-state index in [0.29, 0.717) is 0 Å². The lowest BCUT2D eigenvalue weighted by atomic mass is 10.0. The Labute approximate surface area is 98.4 Å². The summed E-state index contributed by atoms with van der Waals surface area (Å²) >= 11 is 0. The summed E-state index contributed by atoms with van der Waals surface area (Å²) in [6.45, 7) is 0.913. The Morgan fingerprint density at radius 3 is 2.81 bits per heavy atom. The van der Waals surface area contributed by atoms with Crippen LogP contribution in [0.1, 0.15) is 24.4 Å². The van der Waals surface area contributed by atoms with Gasteiger partial charge in [-0.2, -0.15) is 4.39 Å². The van der Waals surface area contributed by atoms with Crippen molar-refractivity contribution in [3.05, 3.63) is 39.7 Å².